The maximum atomic E-state index is 5.07. The Morgan fingerprint density at radius 3 is 3.06 bits per heavy atom. The van der Waals surface area contributed by atoms with Crippen LogP contribution in [0.2, 0.25) is 0 Å². The largest absolute Gasteiger partial charge is 0.377 e. The van der Waals surface area contributed by atoms with Crippen molar-refractivity contribution in [2.45, 2.75) is 13.2 Å². The van der Waals surface area contributed by atoms with Crippen molar-refractivity contribution in [2.75, 3.05) is 12.4 Å². The van der Waals surface area contributed by atoms with E-state index in [1.54, 1.807) is 13.3 Å². The van der Waals surface area contributed by atoms with E-state index in [1.165, 1.54) is 0 Å². The SMILES string of the molecule is COCc1cc(CNc2ccc(Br)cn2)no1. The highest BCUT2D eigenvalue weighted by Crippen LogP contribution is 2.12. The fourth-order valence-corrected chi connectivity index (χ4v) is 1.55. The van der Waals surface area contributed by atoms with Crippen LogP contribution >= 0.6 is 15.9 Å². The van der Waals surface area contributed by atoms with E-state index in [9.17, 15) is 0 Å². The van der Waals surface area contributed by atoms with Crippen LogP contribution < -0.4 is 5.32 Å². The maximum absolute atomic E-state index is 5.07. The summed E-state index contributed by atoms with van der Waals surface area (Å²) in [6.07, 6.45) is 1.74. The number of ether oxygens (including phenoxy) is 1. The zero-order valence-electron chi connectivity index (χ0n) is 9.31. The van der Waals surface area contributed by atoms with Crippen LogP contribution in [-0.4, -0.2) is 17.3 Å². The molecule has 2 rings (SSSR count). The van der Waals surface area contributed by atoms with E-state index in [0.29, 0.717) is 18.9 Å². The van der Waals surface area contributed by atoms with Crippen LogP contribution in [-0.2, 0) is 17.9 Å². The lowest BCUT2D eigenvalue weighted by Gasteiger charge is -2.01. The Morgan fingerprint density at radius 2 is 2.35 bits per heavy atom. The summed E-state index contributed by atoms with van der Waals surface area (Å²) in [4.78, 5) is 4.20. The third-order valence-electron chi connectivity index (χ3n) is 2.07. The predicted octanol–water partition coefficient (Wildman–Crippen LogP) is 2.59. The second-order valence-electron chi connectivity index (χ2n) is 3.43. The molecule has 0 amide bonds. The van der Waals surface area contributed by atoms with E-state index in [4.69, 9.17) is 9.26 Å². The van der Waals surface area contributed by atoms with Gasteiger partial charge in [0.25, 0.3) is 0 Å². The standard InChI is InChI=1S/C11H12BrN3O2/c1-16-7-10-4-9(15-17-10)6-14-11-3-2-8(12)5-13-11/h2-5H,6-7H2,1H3,(H,13,14). The molecule has 90 valence electrons. The highest BCUT2D eigenvalue weighted by Gasteiger charge is 2.03. The van der Waals surface area contributed by atoms with Crippen molar-refractivity contribution in [3.63, 3.8) is 0 Å². The second kappa shape index (κ2) is 5.79. The summed E-state index contributed by atoms with van der Waals surface area (Å²) in [6.45, 7) is 1.01. The van der Waals surface area contributed by atoms with Crippen LogP contribution in [0.4, 0.5) is 5.82 Å². The molecule has 1 N–H and O–H groups in total. The van der Waals surface area contributed by atoms with Crippen molar-refractivity contribution in [2.24, 2.45) is 0 Å². The minimum absolute atomic E-state index is 0.434. The highest BCUT2D eigenvalue weighted by atomic mass is 79.9. The van der Waals surface area contributed by atoms with Gasteiger partial charge in [0, 0.05) is 23.8 Å². The third-order valence-corrected chi connectivity index (χ3v) is 2.54. The molecule has 0 unspecified atom stereocenters. The quantitative estimate of drug-likeness (QED) is 0.919. The molecule has 2 aromatic heterocycles. The molecule has 0 radical (unpaired) electrons. The Morgan fingerprint density at radius 1 is 1.47 bits per heavy atom. The normalized spacial score (nSPS) is 10.5. The van der Waals surface area contributed by atoms with Gasteiger partial charge in [0.15, 0.2) is 5.76 Å². The molecule has 0 atom stereocenters. The molecule has 2 aromatic rings. The Balaban J connectivity index is 1.90. The predicted molar refractivity (Wildman–Crippen MR) is 66.5 cm³/mol. The van der Waals surface area contributed by atoms with Gasteiger partial charge >= 0.3 is 0 Å². The minimum atomic E-state index is 0.434. The van der Waals surface area contributed by atoms with Crippen LogP contribution in [0.15, 0.2) is 33.4 Å². The fraction of sp³-hybridized carbons (Fsp3) is 0.273. The summed E-state index contributed by atoms with van der Waals surface area (Å²) in [6, 6.07) is 5.67. The Hall–Kier alpha value is -1.40. The van der Waals surface area contributed by atoms with Crippen molar-refractivity contribution >= 4 is 21.7 Å². The van der Waals surface area contributed by atoms with Crippen molar-refractivity contribution in [1.82, 2.24) is 10.1 Å². The molecule has 0 aliphatic carbocycles. The zero-order chi connectivity index (χ0) is 12.1. The van der Waals surface area contributed by atoms with Gasteiger partial charge in [0.1, 0.15) is 18.1 Å². The molecule has 0 aromatic carbocycles. The van der Waals surface area contributed by atoms with E-state index in [2.05, 4.69) is 31.4 Å². The van der Waals surface area contributed by atoms with E-state index < -0.39 is 0 Å². The number of aromatic nitrogens is 2. The average Bonchev–Trinajstić information content (AvgIpc) is 2.77. The van der Waals surface area contributed by atoms with Crippen LogP contribution in [0.3, 0.4) is 0 Å². The smallest absolute Gasteiger partial charge is 0.162 e. The van der Waals surface area contributed by atoms with Crippen LogP contribution in [0.5, 0.6) is 0 Å². The Kier molecular flexibility index (Phi) is 4.11. The van der Waals surface area contributed by atoms with Gasteiger partial charge in [-0.2, -0.15) is 0 Å². The van der Waals surface area contributed by atoms with Gasteiger partial charge in [0.05, 0.1) is 6.54 Å². The van der Waals surface area contributed by atoms with Crippen molar-refractivity contribution < 1.29 is 9.26 Å². The number of anilines is 1. The number of hydrogen-bond donors (Lipinski definition) is 1. The fourth-order valence-electron chi connectivity index (χ4n) is 1.31. The average molecular weight is 298 g/mol. The zero-order valence-corrected chi connectivity index (χ0v) is 10.9. The van der Waals surface area contributed by atoms with E-state index in [-0.39, 0.29) is 0 Å². The first-order valence-electron chi connectivity index (χ1n) is 5.07. The first kappa shape index (κ1) is 12.1. The van der Waals surface area contributed by atoms with Gasteiger partial charge < -0.3 is 14.6 Å². The van der Waals surface area contributed by atoms with Gasteiger partial charge in [-0.15, -0.1) is 0 Å². The first-order valence-corrected chi connectivity index (χ1v) is 5.86. The summed E-state index contributed by atoms with van der Waals surface area (Å²) >= 11 is 3.33. The molecule has 2 heterocycles. The highest BCUT2D eigenvalue weighted by molar-refractivity contribution is 9.10. The monoisotopic (exact) mass is 297 g/mol. The second-order valence-corrected chi connectivity index (χ2v) is 4.35. The number of rotatable bonds is 5. The number of hydrogen-bond acceptors (Lipinski definition) is 5. The number of pyridine rings is 1. The molecule has 0 aliphatic rings. The van der Waals surface area contributed by atoms with Crippen molar-refractivity contribution in [3.05, 3.63) is 40.3 Å². The Bertz CT molecular complexity index is 470. The molecule has 0 aliphatic heterocycles. The number of methoxy groups -OCH3 is 1. The van der Waals surface area contributed by atoms with E-state index in [1.807, 2.05) is 18.2 Å². The summed E-state index contributed by atoms with van der Waals surface area (Å²) < 4.78 is 11.0. The van der Waals surface area contributed by atoms with E-state index >= 15 is 0 Å². The summed E-state index contributed by atoms with van der Waals surface area (Å²) in [5, 5.41) is 7.06. The van der Waals surface area contributed by atoms with Crippen LogP contribution in [0, 0.1) is 0 Å². The van der Waals surface area contributed by atoms with Gasteiger partial charge in [-0.05, 0) is 28.1 Å². The lowest BCUT2D eigenvalue weighted by molar-refractivity contribution is 0.156. The lowest BCUT2D eigenvalue weighted by atomic mass is 10.3. The van der Waals surface area contributed by atoms with Crippen molar-refractivity contribution in [3.8, 4) is 0 Å². The number of nitrogens with zero attached hydrogens (tertiary/aromatic N) is 2. The third kappa shape index (κ3) is 3.54. The molecule has 6 heteroatoms. The molecule has 17 heavy (non-hydrogen) atoms. The number of nitrogens with one attached hydrogen (secondary N) is 1. The Labute approximate surface area is 107 Å². The minimum Gasteiger partial charge on any atom is -0.377 e. The van der Waals surface area contributed by atoms with Crippen molar-refractivity contribution in [1.29, 1.82) is 0 Å². The maximum Gasteiger partial charge on any atom is 0.162 e. The molecular formula is C11H12BrN3O2. The molecule has 0 fully saturated rings. The summed E-state index contributed by atoms with van der Waals surface area (Å²) in [7, 11) is 1.62. The molecular weight excluding hydrogens is 286 g/mol. The molecule has 5 nitrogen and oxygen atoms in total. The lowest BCUT2D eigenvalue weighted by Crippen LogP contribution is -2.00. The summed E-state index contributed by atoms with van der Waals surface area (Å²) in [5.74, 6) is 1.51. The summed E-state index contributed by atoms with van der Waals surface area (Å²) in [5.41, 5.74) is 0.821. The van der Waals surface area contributed by atoms with Gasteiger partial charge in [-0.1, -0.05) is 5.16 Å². The van der Waals surface area contributed by atoms with E-state index in [0.717, 1.165) is 16.0 Å². The first-order chi connectivity index (χ1) is 8.28. The molecule has 0 bridgehead atoms. The molecule has 0 saturated carbocycles. The molecule has 0 saturated heterocycles. The van der Waals surface area contributed by atoms with Gasteiger partial charge in [-0.3, -0.25) is 0 Å². The van der Waals surface area contributed by atoms with Crippen LogP contribution in [0.1, 0.15) is 11.5 Å². The van der Waals surface area contributed by atoms with Crippen LogP contribution in [0.25, 0.3) is 0 Å². The van der Waals surface area contributed by atoms with Gasteiger partial charge in [0.2, 0.25) is 0 Å². The topological polar surface area (TPSA) is 60.2 Å². The van der Waals surface area contributed by atoms with Gasteiger partial charge in [-0.25, -0.2) is 4.98 Å². The number of halogens is 1. The molecule has 0 spiro atoms.